The maximum absolute atomic E-state index is 13.4. The zero-order valence-electron chi connectivity index (χ0n) is 15.4. The highest BCUT2D eigenvalue weighted by Gasteiger charge is 2.44. The zero-order chi connectivity index (χ0) is 19.8. The molecule has 0 aliphatic heterocycles. The normalized spacial score (nSPS) is 15.5. The van der Waals surface area contributed by atoms with Crippen LogP contribution in [0.2, 0.25) is 0 Å². The van der Waals surface area contributed by atoms with Crippen LogP contribution in [-0.2, 0) is 28.9 Å². The minimum absolute atomic E-state index is 0.0572. The van der Waals surface area contributed by atoms with Crippen molar-refractivity contribution in [3.8, 4) is 0 Å². The standard InChI is InChI=1S/C13H27N2O6PS3/c1-7-11(3)24-22(18,15(5)25(6,19)20)14(4)12(16)13(17)21-9-10-23-8-2/h11H,7-10H2,1-6H3. The lowest BCUT2D eigenvalue weighted by Gasteiger charge is -2.33. The molecule has 0 spiro atoms. The largest absolute Gasteiger partial charge is 0.458 e. The Hall–Kier alpha value is -0.220. The first-order valence-electron chi connectivity index (χ1n) is 7.67. The van der Waals surface area contributed by atoms with E-state index in [1.807, 2.05) is 13.8 Å². The smallest absolute Gasteiger partial charge is 0.397 e. The van der Waals surface area contributed by atoms with Gasteiger partial charge in [0.15, 0.2) is 0 Å². The van der Waals surface area contributed by atoms with Crippen LogP contribution in [0.3, 0.4) is 0 Å². The van der Waals surface area contributed by atoms with Crippen LogP contribution in [0.5, 0.6) is 0 Å². The van der Waals surface area contributed by atoms with Gasteiger partial charge in [0.1, 0.15) is 6.61 Å². The molecule has 0 aliphatic rings. The summed E-state index contributed by atoms with van der Waals surface area (Å²) in [5.74, 6) is -0.880. The third kappa shape index (κ3) is 7.50. The summed E-state index contributed by atoms with van der Waals surface area (Å²) in [6.07, 6.45) is 1.52. The first kappa shape index (κ1) is 24.8. The fourth-order valence-electron chi connectivity index (χ4n) is 1.47. The average Bonchev–Trinajstić information content (AvgIpc) is 2.55. The number of nitrogens with zero attached hydrogens (tertiary/aromatic N) is 2. The predicted molar refractivity (Wildman–Crippen MR) is 104 cm³/mol. The van der Waals surface area contributed by atoms with Crippen molar-refractivity contribution in [3.63, 3.8) is 0 Å². The van der Waals surface area contributed by atoms with Crippen molar-refractivity contribution in [2.45, 2.75) is 32.4 Å². The van der Waals surface area contributed by atoms with Gasteiger partial charge in [-0.15, -0.1) is 4.08 Å². The third-order valence-corrected chi connectivity index (χ3v) is 12.9. The van der Waals surface area contributed by atoms with Gasteiger partial charge in [0, 0.05) is 25.1 Å². The molecule has 0 saturated heterocycles. The van der Waals surface area contributed by atoms with Gasteiger partial charge < -0.3 is 4.74 Å². The fourth-order valence-corrected chi connectivity index (χ4v) is 9.70. The summed E-state index contributed by atoms with van der Waals surface area (Å²) >= 11 is 2.41. The van der Waals surface area contributed by atoms with E-state index in [0.717, 1.165) is 37.5 Å². The minimum atomic E-state index is -3.91. The maximum Gasteiger partial charge on any atom is 0.397 e. The molecule has 0 aliphatic carbocycles. The molecule has 0 radical (unpaired) electrons. The quantitative estimate of drug-likeness (QED) is 0.223. The molecule has 0 heterocycles. The zero-order valence-corrected chi connectivity index (χ0v) is 18.8. The van der Waals surface area contributed by atoms with E-state index >= 15 is 0 Å². The van der Waals surface area contributed by atoms with E-state index < -0.39 is 28.5 Å². The number of carbonyl (C=O) groups is 2. The predicted octanol–water partition coefficient (Wildman–Crippen LogP) is 2.27. The van der Waals surface area contributed by atoms with E-state index in [0.29, 0.717) is 20.9 Å². The molecular formula is C13H27N2O6PS3. The van der Waals surface area contributed by atoms with Crippen molar-refractivity contribution < 1.29 is 27.3 Å². The molecule has 2 unspecified atom stereocenters. The molecule has 0 N–H and O–H groups in total. The lowest BCUT2D eigenvalue weighted by atomic mass is 10.4. The van der Waals surface area contributed by atoms with E-state index in [-0.39, 0.29) is 11.9 Å². The SMILES string of the molecule is CCSCCOC(=O)C(=O)N(C)P(=O)(SC(C)CC)N(C)S(C)(=O)=O. The average molecular weight is 435 g/mol. The Bertz CT molecular complexity index is 613. The fraction of sp³-hybridized carbons (Fsp3) is 0.846. The number of rotatable bonds is 10. The molecule has 0 aromatic heterocycles. The number of amides is 1. The number of thioether (sulfide) groups is 1. The van der Waals surface area contributed by atoms with Gasteiger partial charge in [-0.2, -0.15) is 11.8 Å². The van der Waals surface area contributed by atoms with Crippen LogP contribution in [0, 0.1) is 0 Å². The Morgan fingerprint density at radius 1 is 1.24 bits per heavy atom. The van der Waals surface area contributed by atoms with E-state index in [1.54, 1.807) is 18.7 Å². The topological polar surface area (TPSA) is 101 Å². The number of hydrogen-bond acceptors (Lipinski definition) is 8. The Kier molecular flexibility index (Phi) is 10.7. The van der Waals surface area contributed by atoms with Crippen LogP contribution >= 0.6 is 29.8 Å². The number of ether oxygens (including phenoxy) is 1. The van der Waals surface area contributed by atoms with Gasteiger partial charge >= 0.3 is 18.5 Å². The van der Waals surface area contributed by atoms with Gasteiger partial charge in [-0.25, -0.2) is 13.2 Å². The Balaban J connectivity index is 5.40. The molecule has 12 heteroatoms. The first-order valence-corrected chi connectivity index (χ1v) is 13.8. The van der Waals surface area contributed by atoms with Crippen molar-refractivity contribution in [1.82, 2.24) is 8.75 Å². The van der Waals surface area contributed by atoms with Crippen LogP contribution in [0.15, 0.2) is 0 Å². The molecule has 0 bridgehead atoms. The molecule has 0 fully saturated rings. The molecule has 0 rings (SSSR count). The second-order valence-electron chi connectivity index (χ2n) is 5.17. The Morgan fingerprint density at radius 3 is 2.24 bits per heavy atom. The monoisotopic (exact) mass is 434 g/mol. The van der Waals surface area contributed by atoms with Crippen molar-refractivity contribution in [2.75, 3.05) is 38.5 Å². The Labute approximate surface area is 158 Å². The highest BCUT2D eigenvalue weighted by atomic mass is 32.7. The van der Waals surface area contributed by atoms with E-state index in [1.165, 1.54) is 0 Å². The molecule has 25 heavy (non-hydrogen) atoms. The van der Waals surface area contributed by atoms with Gasteiger partial charge in [0.25, 0.3) is 0 Å². The highest BCUT2D eigenvalue weighted by Crippen LogP contribution is 2.65. The van der Waals surface area contributed by atoms with Gasteiger partial charge in [-0.3, -0.25) is 14.0 Å². The van der Waals surface area contributed by atoms with Crippen molar-refractivity contribution >= 4 is 51.7 Å². The number of esters is 1. The van der Waals surface area contributed by atoms with Crippen molar-refractivity contribution in [1.29, 1.82) is 0 Å². The van der Waals surface area contributed by atoms with Crippen LogP contribution in [0.25, 0.3) is 0 Å². The van der Waals surface area contributed by atoms with Crippen LogP contribution in [-0.4, -0.2) is 72.8 Å². The third-order valence-electron chi connectivity index (χ3n) is 3.24. The number of carbonyl (C=O) groups excluding carboxylic acids is 2. The molecule has 0 saturated carbocycles. The van der Waals surface area contributed by atoms with E-state index in [4.69, 9.17) is 4.74 Å². The summed E-state index contributed by atoms with van der Waals surface area (Å²) in [6.45, 7) is 1.72. The maximum atomic E-state index is 13.4. The first-order chi connectivity index (χ1) is 11.4. The van der Waals surface area contributed by atoms with Gasteiger partial charge in [0.2, 0.25) is 10.0 Å². The van der Waals surface area contributed by atoms with E-state index in [2.05, 4.69) is 0 Å². The number of sulfonamides is 1. The van der Waals surface area contributed by atoms with Crippen LogP contribution in [0.4, 0.5) is 0 Å². The molecular weight excluding hydrogens is 407 g/mol. The summed E-state index contributed by atoms with van der Waals surface area (Å²) in [6, 6.07) is 0. The lowest BCUT2D eigenvalue weighted by molar-refractivity contribution is -0.156. The Morgan fingerprint density at radius 2 is 1.80 bits per heavy atom. The van der Waals surface area contributed by atoms with Crippen LogP contribution in [0.1, 0.15) is 27.2 Å². The second-order valence-corrected chi connectivity index (χ2v) is 14.1. The molecule has 1 amide bonds. The van der Waals surface area contributed by atoms with Gasteiger partial charge in [-0.05, 0) is 12.2 Å². The summed E-state index contributed by atoms with van der Waals surface area (Å²) in [7, 11) is -1.55. The molecule has 0 aromatic rings. The molecule has 2 atom stereocenters. The summed E-state index contributed by atoms with van der Waals surface area (Å²) in [5, 5.41) is -0.178. The summed E-state index contributed by atoms with van der Waals surface area (Å²) < 4.78 is 43.3. The van der Waals surface area contributed by atoms with Crippen molar-refractivity contribution in [2.24, 2.45) is 0 Å². The van der Waals surface area contributed by atoms with Crippen molar-refractivity contribution in [3.05, 3.63) is 0 Å². The number of likely N-dealkylation sites (N-methyl/N-ethyl adjacent to an activating group) is 1. The molecule has 0 aromatic carbocycles. The molecule has 148 valence electrons. The molecule has 8 nitrogen and oxygen atoms in total. The van der Waals surface area contributed by atoms with Gasteiger partial charge in [0.05, 0.1) is 6.26 Å². The second kappa shape index (κ2) is 10.8. The minimum Gasteiger partial charge on any atom is -0.458 e. The van der Waals surface area contributed by atoms with Gasteiger partial charge in [-0.1, -0.05) is 32.2 Å². The summed E-state index contributed by atoms with van der Waals surface area (Å²) in [5.41, 5.74) is 0. The highest BCUT2D eigenvalue weighted by molar-refractivity contribution is 8.58. The lowest BCUT2D eigenvalue weighted by Crippen LogP contribution is -2.38. The van der Waals surface area contributed by atoms with Crippen LogP contribution < -0.4 is 0 Å². The summed E-state index contributed by atoms with van der Waals surface area (Å²) in [4.78, 5) is 24.2. The number of hydrogen-bond donors (Lipinski definition) is 0. The van der Waals surface area contributed by atoms with E-state index in [9.17, 15) is 22.6 Å².